The van der Waals surface area contributed by atoms with Crippen molar-refractivity contribution in [1.29, 1.82) is 0 Å². The molecule has 4 heteroatoms. The SMILES string of the molecule is CC[Si](CC)(CC)OCc1cccc(O[Si](CC)(CC)CC)c1. The Bertz CT molecular complexity index is 438. The maximum atomic E-state index is 6.50. The van der Waals surface area contributed by atoms with E-state index in [4.69, 9.17) is 8.85 Å². The van der Waals surface area contributed by atoms with Gasteiger partial charge in [-0.25, -0.2) is 0 Å². The summed E-state index contributed by atoms with van der Waals surface area (Å²) >= 11 is 0. The van der Waals surface area contributed by atoms with Crippen LogP contribution >= 0.6 is 0 Å². The van der Waals surface area contributed by atoms with Gasteiger partial charge in [-0.2, -0.15) is 0 Å². The molecule has 0 fully saturated rings. The Labute approximate surface area is 145 Å². The molecule has 132 valence electrons. The minimum absolute atomic E-state index is 0.734. The Morgan fingerprint density at radius 3 is 1.74 bits per heavy atom. The summed E-state index contributed by atoms with van der Waals surface area (Å²) in [6.45, 7) is 14.4. The lowest BCUT2D eigenvalue weighted by Gasteiger charge is -2.30. The van der Waals surface area contributed by atoms with E-state index in [1.165, 1.54) is 41.8 Å². The quantitative estimate of drug-likeness (QED) is 0.418. The third-order valence-corrected chi connectivity index (χ3v) is 14.8. The summed E-state index contributed by atoms with van der Waals surface area (Å²) < 4.78 is 12.9. The van der Waals surface area contributed by atoms with Crippen molar-refractivity contribution in [3.63, 3.8) is 0 Å². The third-order valence-electron chi connectivity index (χ3n) is 5.64. The first-order valence-electron chi connectivity index (χ1n) is 9.44. The second-order valence-corrected chi connectivity index (χ2v) is 16.0. The number of benzene rings is 1. The van der Waals surface area contributed by atoms with Gasteiger partial charge in [-0.1, -0.05) is 53.7 Å². The van der Waals surface area contributed by atoms with Crippen LogP contribution in [0.3, 0.4) is 0 Å². The van der Waals surface area contributed by atoms with Gasteiger partial charge in [0, 0.05) is 0 Å². The van der Waals surface area contributed by atoms with Crippen molar-refractivity contribution >= 4 is 16.6 Å². The van der Waals surface area contributed by atoms with Crippen molar-refractivity contribution in [2.45, 2.75) is 84.4 Å². The molecule has 1 aromatic rings. The second kappa shape index (κ2) is 9.65. The van der Waals surface area contributed by atoms with Crippen LogP contribution in [0.15, 0.2) is 24.3 Å². The van der Waals surface area contributed by atoms with E-state index >= 15 is 0 Å². The van der Waals surface area contributed by atoms with Crippen molar-refractivity contribution in [2.24, 2.45) is 0 Å². The minimum Gasteiger partial charge on any atom is -0.543 e. The maximum absolute atomic E-state index is 6.50. The molecule has 0 aliphatic rings. The monoisotopic (exact) mass is 352 g/mol. The van der Waals surface area contributed by atoms with Gasteiger partial charge < -0.3 is 8.85 Å². The van der Waals surface area contributed by atoms with Gasteiger partial charge in [-0.05, 0) is 54.0 Å². The van der Waals surface area contributed by atoms with E-state index in [1.807, 2.05) is 0 Å². The topological polar surface area (TPSA) is 18.5 Å². The van der Waals surface area contributed by atoms with E-state index in [0.717, 1.165) is 12.4 Å². The lowest BCUT2D eigenvalue weighted by Crippen LogP contribution is -2.39. The summed E-state index contributed by atoms with van der Waals surface area (Å²) in [5, 5.41) is 0. The summed E-state index contributed by atoms with van der Waals surface area (Å²) in [5.74, 6) is 1.04. The summed E-state index contributed by atoms with van der Waals surface area (Å²) in [6, 6.07) is 15.7. The Balaban J connectivity index is 2.81. The van der Waals surface area contributed by atoms with Gasteiger partial charge in [0.1, 0.15) is 5.75 Å². The molecule has 0 unspecified atom stereocenters. The smallest absolute Gasteiger partial charge is 0.250 e. The number of hydrogen-bond acceptors (Lipinski definition) is 2. The highest BCUT2D eigenvalue weighted by Crippen LogP contribution is 2.27. The average Bonchev–Trinajstić information content (AvgIpc) is 2.62. The van der Waals surface area contributed by atoms with Gasteiger partial charge in [-0.3, -0.25) is 0 Å². The van der Waals surface area contributed by atoms with Crippen molar-refractivity contribution < 1.29 is 8.85 Å². The lowest BCUT2D eigenvalue weighted by molar-refractivity contribution is 0.287. The van der Waals surface area contributed by atoms with Crippen LogP contribution in [0.4, 0.5) is 0 Å². The van der Waals surface area contributed by atoms with E-state index < -0.39 is 16.6 Å². The highest BCUT2D eigenvalue weighted by Gasteiger charge is 2.31. The van der Waals surface area contributed by atoms with Crippen LogP contribution in [0.2, 0.25) is 36.3 Å². The number of hydrogen-bond donors (Lipinski definition) is 0. The normalized spacial score (nSPS) is 12.4. The van der Waals surface area contributed by atoms with E-state index in [9.17, 15) is 0 Å². The minimum atomic E-state index is -1.59. The van der Waals surface area contributed by atoms with Crippen LogP contribution in [0, 0.1) is 0 Å². The van der Waals surface area contributed by atoms with Crippen molar-refractivity contribution in [1.82, 2.24) is 0 Å². The van der Waals surface area contributed by atoms with Crippen LogP contribution in [0.1, 0.15) is 47.1 Å². The molecule has 0 heterocycles. The standard InChI is InChI=1S/C19H36O2Si2/c1-7-22(8-2,9-3)20-17-18-14-13-15-19(16-18)21-23(10-4,11-5)12-6/h13-16H,7-12,17H2,1-6H3. The molecule has 0 aliphatic carbocycles. The van der Waals surface area contributed by atoms with Gasteiger partial charge in [0.05, 0.1) is 6.61 Å². The molecule has 23 heavy (non-hydrogen) atoms. The molecule has 0 saturated heterocycles. The molecule has 0 N–H and O–H groups in total. The van der Waals surface area contributed by atoms with E-state index in [0.29, 0.717) is 0 Å². The molecular weight excluding hydrogens is 316 g/mol. The fraction of sp³-hybridized carbons (Fsp3) is 0.684. The summed E-state index contributed by atoms with van der Waals surface area (Å²) in [4.78, 5) is 0. The summed E-state index contributed by atoms with van der Waals surface area (Å²) in [6.07, 6.45) is 0. The zero-order valence-electron chi connectivity index (χ0n) is 16.1. The molecule has 1 aromatic carbocycles. The molecule has 0 aromatic heterocycles. The molecule has 0 radical (unpaired) electrons. The highest BCUT2D eigenvalue weighted by molar-refractivity contribution is 6.74. The van der Waals surface area contributed by atoms with Crippen molar-refractivity contribution in [2.75, 3.05) is 0 Å². The first-order valence-corrected chi connectivity index (χ1v) is 14.5. The summed E-state index contributed by atoms with van der Waals surface area (Å²) in [7, 11) is -3.11. The molecule has 0 saturated carbocycles. The Hall–Kier alpha value is -0.586. The van der Waals surface area contributed by atoms with Gasteiger partial charge in [-0.15, -0.1) is 0 Å². The van der Waals surface area contributed by atoms with Crippen molar-refractivity contribution in [3.05, 3.63) is 29.8 Å². The van der Waals surface area contributed by atoms with Gasteiger partial charge in [0.2, 0.25) is 8.32 Å². The fourth-order valence-electron chi connectivity index (χ4n) is 3.21. The Morgan fingerprint density at radius 1 is 0.739 bits per heavy atom. The zero-order valence-corrected chi connectivity index (χ0v) is 18.1. The third kappa shape index (κ3) is 5.47. The van der Waals surface area contributed by atoms with Crippen molar-refractivity contribution in [3.8, 4) is 5.75 Å². The largest absolute Gasteiger partial charge is 0.543 e. The van der Waals surface area contributed by atoms with Gasteiger partial charge in [0.15, 0.2) is 8.32 Å². The number of rotatable bonds is 11. The predicted octanol–water partition coefficient (Wildman–Crippen LogP) is 6.59. The van der Waals surface area contributed by atoms with E-state index in [2.05, 4.69) is 65.8 Å². The predicted molar refractivity (Wildman–Crippen MR) is 106 cm³/mol. The molecule has 0 atom stereocenters. The molecule has 1 rings (SSSR count). The van der Waals surface area contributed by atoms with Crippen LogP contribution in [-0.2, 0) is 11.0 Å². The molecule has 0 spiro atoms. The lowest BCUT2D eigenvalue weighted by atomic mass is 10.2. The van der Waals surface area contributed by atoms with Gasteiger partial charge >= 0.3 is 0 Å². The van der Waals surface area contributed by atoms with Gasteiger partial charge in [0.25, 0.3) is 0 Å². The molecule has 0 aliphatic heterocycles. The fourth-order valence-corrected chi connectivity index (χ4v) is 8.35. The average molecular weight is 353 g/mol. The zero-order chi connectivity index (χ0) is 17.3. The summed E-state index contributed by atoms with van der Waals surface area (Å²) in [5.41, 5.74) is 1.25. The molecule has 2 nitrogen and oxygen atoms in total. The van der Waals surface area contributed by atoms with Crippen LogP contribution in [0.5, 0.6) is 5.75 Å². The Morgan fingerprint density at radius 2 is 1.26 bits per heavy atom. The maximum Gasteiger partial charge on any atom is 0.250 e. The van der Waals surface area contributed by atoms with Crippen LogP contribution in [-0.4, -0.2) is 16.6 Å². The van der Waals surface area contributed by atoms with E-state index in [1.54, 1.807) is 0 Å². The van der Waals surface area contributed by atoms with Crippen LogP contribution in [0.25, 0.3) is 0 Å². The molecule has 0 amide bonds. The van der Waals surface area contributed by atoms with Crippen LogP contribution < -0.4 is 4.43 Å². The molecular formula is C19H36O2Si2. The first-order chi connectivity index (χ1) is 11.0. The second-order valence-electron chi connectivity index (χ2n) is 6.53. The first kappa shape index (κ1) is 20.5. The highest BCUT2D eigenvalue weighted by atomic mass is 28.4. The van der Waals surface area contributed by atoms with E-state index in [-0.39, 0.29) is 0 Å². The Kier molecular flexibility index (Phi) is 8.58. The molecule has 0 bridgehead atoms.